The van der Waals surface area contributed by atoms with Gasteiger partial charge in [-0.25, -0.2) is 13.2 Å². The van der Waals surface area contributed by atoms with E-state index in [0.29, 0.717) is 23.7 Å². The molecule has 0 bridgehead atoms. The predicted molar refractivity (Wildman–Crippen MR) is 70.6 cm³/mol. The number of alkyl halides is 1. The molecule has 1 aromatic rings. The fourth-order valence-corrected chi connectivity index (χ4v) is 3.89. The summed E-state index contributed by atoms with van der Waals surface area (Å²) in [5.41, 5.74) is 1.02. The fraction of sp³-hybridized carbons (Fsp3) is 0.417. The Morgan fingerprint density at radius 3 is 2.61 bits per heavy atom. The molecule has 0 atom stereocenters. The molecule has 0 spiro atoms. The molecule has 0 radical (unpaired) electrons. The van der Waals surface area contributed by atoms with Gasteiger partial charge in [0.2, 0.25) is 0 Å². The van der Waals surface area contributed by atoms with Gasteiger partial charge in [0.05, 0.1) is 22.8 Å². The highest BCUT2D eigenvalue weighted by Gasteiger charge is 2.37. The lowest BCUT2D eigenvalue weighted by atomic mass is 10.1. The number of esters is 1. The Bertz CT molecular complexity index is 576. The number of hydrogen-bond acceptors (Lipinski definition) is 4. The van der Waals surface area contributed by atoms with Crippen LogP contribution in [0.5, 0.6) is 0 Å². The van der Waals surface area contributed by atoms with Gasteiger partial charge in [0.25, 0.3) is 0 Å². The first kappa shape index (κ1) is 13.5. The van der Waals surface area contributed by atoms with Crippen LogP contribution in [0.3, 0.4) is 0 Å². The molecular weight excluding hydrogens is 320 g/mol. The Balaban J connectivity index is 2.49. The van der Waals surface area contributed by atoms with Crippen LogP contribution in [-0.4, -0.2) is 26.7 Å². The predicted octanol–water partition coefficient (Wildman–Crippen LogP) is 2.30. The van der Waals surface area contributed by atoms with E-state index in [2.05, 4.69) is 20.7 Å². The Morgan fingerprint density at radius 2 is 2.11 bits per heavy atom. The first-order valence-corrected chi connectivity index (χ1v) is 8.18. The van der Waals surface area contributed by atoms with Gasteiger partial charge in [0, 0.05) is 5.33 Å². The molecule has 0 N–H and O–H groups in total. The quantitative estimate of drug-likeness (QED) is 0.627. The van der Waals surface area contributed by atoms with Crippen LogP contribution in [-0.2, 0) is 19.9 Å². The highest BCUT2D eigenvalue weighted by Crippen LogP contribution is 2.34. The minimum Gasteiger partial charge on any atom is -0.465 e. The second-order valence-corrected chi connectivity index (χ2v) is 6.98. The topological polar surface area (TPSA) is 60.4 Å². The number of sulfone groups is 1. The zero-order valence-electron chi connectivity index (χ0n) is 9.85. The molecule has 0 aromatic heterocycles. The number of hydrogen-bond donors (Lipinski definition) is 0. The summed E-state index contributed by atoms with van der Waals surface area (Å²) in [5, 5.41) is 0.194. The number of carbonyl (C=O) groups excluding carboxylic acids is 1. The van der Waals surface area contributed by atoms with Crippen molar-refractivity contribution in [3.63, 3.8) is 0 Å². The maximum Gasteiger partial charge on any atom is 0.338 e. The van der Waals surface area contributed by atoms with Crippen molar-refractivity contribution in [1.82, 2.24) is 0 Å². The van der Waals surface area contributed by atoms with Gasteiger partial charge in [0.1, 0.15) is 0 Å². The number of rotatable bonds is 4. The monoisotopic (exact) mass is 332 g/mol. The molecule has 18 heavy (non-hydrogen) atoms. The van der Waals surface area contributed by atoms with Crippen molar-refractivity contribution in [3.8, 4) is 0 Å². The van der Waals surface area contributed by atoms with Crippen LogP contribution in [0.2, 0.25) is 0 Å². The maximum atomic E-state index is 12.1. The molecule has 0 unspecified atom stereocenters. The lowest BCUT2D eigenvalue weighted by molar-refractivity contribution is 0.0599. The Morgan fingerprint density at radius 1 is 1.44 bits per heavy atom. The molecule has 1 aliphatic carbocycles. The van der Waals surface area contributed by atoms with Crippen LogP contribution in [0, 0.1) is 0 Å². The van der Waals surface area contributed by atoms with Crippen LogP contribution < -0.4 is 0 Å². The van der Waals surface area contributed by atoms with Crippen LogP contribution in [0.25, 0.3) is 0 Å². The number of ether oxygens (including phenoxy) is 1. The molecule has 0 amide bonds. The van der Waals surface area contributed by atoms with Gasteiger partial charge in [-0.05, 0) is 30.5 Å². The number of halogens is 1. The average Bonchev–Trinajstić information content (AvgIpc) is 3.21. The molecule has 1 aliphatic rings. The molecule has 4 nitrogen and oxygen atoms in total. The van der Waals surface area contributed by atoms with Gasteiger partial charge in [-0.2, -0.15) is 0 Å². The highest BCUT2D eigenvalue weighted by atomic mass is 79.9. The highest BCUT2D eigenvalue weighted by molar-refractivity contribution is 9.08. The molecular formula is C12H13BrO4S. The van der Waals surface area contributed by atoms with Crippen LogP contribution in [0.15, 0.2) is 23.1 Å². The molecule has 0 saturated heterocycles. The number of carbonyl (C=O) groups is 1. The molecule has 0 heterocycles. The van der Waals surface area contributed by atoms with Gasteiger partial charge in [0.15, 0.2) is 9.84 Å². The summed E-state index contributed by atoms with van der Waals surface area (Å²) in [6, 6.07) is 4.61. The second-order valence-electron chi connectivity index (χ2n) is 4.19. The van der Waals surface area contributed by atoms with E-state index >= 15 is 0 Å². The van der Waals surface area contributed by atoms with E-state index in [4.69, 9.17) is 0 Å². The Kier molecular flexibility index (Phi) is 3.77. The van der Waals surface area contributed by atoms with E-state index in [1.807, 2.05) is 0 Å². The van der Waals surface area contributed by atoms with Crippen LogP contribution >= 0.6 is 15.9 Å². The van der Waals surface area contributed by atoms with E-state index < -0.39 is 15.8 Å². The summed E-state index contributed by atoms with van der Waals surface area (Å²) < 4.78 is 28.9. The van der Waals surface area contributed by atoms with Crippen molar-refractivity contribution in [2.75, 3.05) is 7.11 Å². The summed E-state index contributed by atoms with van der Waals surface area (Å²) in [5.74, 6) is -0.516. The Labute approximate surface area is 114 Å². The minimum absolute atomic E-state index is 0.204. The minimum atomic E-state index is -3.28. The van der Waals surface area contributed by atoms with E-state index in [0.717, 1.165) is 5.56 Å². The molecule has 6 heteroatoms. The maximum absolute atomic E-state index is 12.1. The van der Waals surface area contributed by atoms with Crippen LogP contribution in [0.1, 0.15) is 28.8 Å². The smallest absolute Gasteiger partial charge is 0.338 e. The first-order chi connectivity index (χ1) is 8.50. The third-order valence-electron chi connectivity index (χ3n) is 2.92. The van der Waals surface area contributed by atoms with Crippen molar-refractivity contribution < 1.29 is 17.9 Å². The van der Waals surface area contributed by atoms with Crippen molar-refractivity contribution >= 4 is 31.7 Å². The van der Waals surface area contributed by atoms with E-state index in [1.165, 1.54) is 13.2 Å². The first-order valence-electron chi connectivity index (χ1n) is 5.52. The van der Waals surface area contributed by atoms with Gasteiger partial charge in [-0.1, -0.05) is 22.0 Å². The van der Waals surface area contributed by atoms with Crippen molar-refractivity contribution in [3.05, 3.63) is 29.3 Å². The van der Waals surface area contributed by atoms with Crippen molar-refractivity contribution in [1.29, 1.82) is 0 Å². The molecule has 1 aromatic carbocycles. The van der Waals surface area contributed by atoms with Gasteiger partial charge >= 0.3 is 5.97 Å². The Hall–Kier alpha value is -0.880. The largest absolute Gasteiger partial charge is 0.465 e. The van der Waals surface area contributed by atoms with Gasteiger partial charge in [-0.3, -0.25) is 0 Å². The molecule has 2 rings (SSSR count). The zero-order valence-corrected chi connectivity index (χ0v) is 12.3. The zero-order chi connectivity index (χ0) is 13.3. The molecule has 0 aliphatic heterocycles. The lowest BCUT2D eigenvalue weighted by Gasteiger charge is -2.08. The fourth-order valence-electron chi connectivity index (χ4n) is 1.72. The average molecular weight is 333 g/mol. The number of benzene rings is 1. The van der Waals surface area contributed by atoms with E-state index in [1.54, 1.807) is 12.1 Å². The standard InChI is InChI=1S/C12H13BrO4S/c1-17-12(14)11-6-10(3-2-8(11)7-13)18(15,16)9-4-5-9/h2-3,6,9H,4-5,7H2,1H3. The SMILES string of the molecule is COC(=O)c1cc(S(=O)(=O)C2CC2)ccc1CBr. The van der Waals surface area contributed by atoms with E-state index in [9.17, 15) is 13.2 Å². The van der Waals surface area contributed by atoms with Crippen molar-refractivity contribution in [2.24, 2.45) is 0 Å². The van der Waals surface area contributed by atoms with E-state index in [-0.39, 0.29) is 10.1 Å². The normalized spacial score (nSPS) is 15.4. The summed E-state index contributed by atoms with van der Waals surface area (Å²) in [7, 11) is -2.00. The van der Waals surface area contributed by atoms with Crippen LogP contribution in [0.4, 0.5) is 0 Å². The molecule has 1 fully saturated rings. The summed E-state index contributed by atoms with van der Waals surface area (Å²) in [6.07, 6.45) is 1.41. The number of methoxy groups -OCH3 is 1. The summed E-state index contributed by atoms with van der Waals surface area (Å²) in [4.78, 5) is 11.8. The third-order valence-corrected chi connectivity index (χ3v) is 5.79. The van der Waals surface area contributed by atoms with Gasteiger partial charge in [-0.15, -0.1) is 0 Å². The van der Waals surface area contributed by atoms with Crippen molar-refractivity contribution in [2.45, 2.75) is 28.3 Å². The molecule has 1 saturated carbocycles. The lowest BCUT2D eigenvalue weighted by Crippen LogP contribution is -2.11. The molecule has 98 valence electrons. The second kappa shape index (κ2) is 5.01. The van der Waals surface area contributed by atoms with Gasteiger partial charge < -0.3 is 4.74 Å². The summed E-state index contributed by atoms with van der Waals surface area (Å²) >= 11 is 3.26. The third kappa shape index (κ3) is 2.44. The summed E-state index contributed by atoms with van der Waals surface area (Å²) in [6.45, 7) is 0.